The summed E-state index contributed by atoms with van der Waals surface area (Å²) in [7, 11) is 0. The summed E-state index contributed by atoms with van der Waals surface area (Å²) in [5.41, 5.74) is 0.847. The summed E-state index contributed by atoms with van der Waals surface area (Å²) in [5.74, 6) is 1.35. The number of benzene rings is 1. The average Bonchev–Trinajstić information content (AvgIpc) is 3.10. The van der Waals surface area contributed by atoms with Crippen molar-refractivity contribution in [3.63, 3.8) is 0 Å². The van der Waals surface area contributed by atoms with Gasteiger partial charge in [-0.15, -0.1) is 10.2 Å². The second-order valence-corrected chi connectivity index (χ2v) is 5.26. The first-order chi connectivity index (χ1) is 9.35. The predicted molar refractivity (Wildman–Crippen MR) is 73.2 cm³/mol. The molecule has 3 heterocycles. The molecular formula is C13H10N4OS. The van der Waals surface area contributed by atoms with E-state index in [1.165, 1.54) is 0 Å². The largest absolute Gasteiger partial charge is 0.453 e. The van der Waals surface area contributed by atoms with Crippen molar-refractivity contribution >= 4 is 27.3 Å². The van der Waals surface area contributed by atoms with Crippen LogP contribution in [-0.4, -0.2) is 19.8 Å². The van der Waals surface area contributed by atoms with E-state index < -0.39 is 0 Å². The molecule has 0 amide bonds. The van der Waals surface area contributed by atoms with Gasteiger partial charge in [-0.2, -0.15) is 9.61 Å². The van der Waals surface area contributed by atoms with Crippen LogP contribution < -0.4 is 0 Å². The fourth-order valence-corrected chi connectivity index (χ4v) is 2.82. The molecule has 0 unspecified atom stereocenters. The van der Waals surface area contributed by atoms with E-state index >= 15 is 0 Å². The molecule has 5 nitrogen and oxygen atoms in total. The Hall–Kier alpha value is -2.21. The van der Waals surface area contributed by atoms with Gasteiger partial charge in [0.2, 0.25) is 10.8 Å². The number of aromatic nitrogens is 4. The summed E-state index contributed by atoms with van der Waals surface area (Å²) in [5, 5.41) is 14.9. The van der Waals surface area contributed by atoms with Crippen molar-refractivity contribution in [2.45, 2.75) is 13.3 Å². The highest BCUT2D eigenvalue weighted by Gasteiger charge is 2.16. The van der Waals surface area contributed by atoms with Gasteiger partial charge in [0.25, 0.3) is 0 Å². The molecule has 0 aliphatic rings. The molecule has 0 fully saturated rings. The van der Waals surface area contributed by atoms with E-state index in [9.17, 15) is 0 Å². The van der Waals surface area contributed by atoms with E-state index in [0.29, 0.717) is 11.6 Å². The number of nitrogens with zero attached hydrogens (tertiary/aromatic N) is 4. The molecule has 0 saturated heterocycles. The molecule has 0 radical (unpaired) electrons. The summed E-state index contributed by atoms with van der Waals surface area (Å²) in [6, 6.07) is 9.86. The van der Waals surface area contributed by atoms with Gasteiger partial charge in [0.05, 0.1) is 0 Å². The molecule has 0 aliphatic carbocycles. The SMILES string of the molecule is CCc1nn2c(-c3cc4ccccc4o3)nnc2s1. The van der Waals surface area contributed by atoms with Crippen molar-refractivity contribution in [2.75, 3.05) is 0 Å². The smallest absolute Gasteiger partial charge is 0.235 e. The zero-order chi connectivity index (χ0) is 12.8. The van der Waals surface area contributed by atoms with Gasteiger partial charge in [0.1, 0.15) is 10.6 Å². The Labute approximate surface area is 112 Å². The lowest BCUT2D eigenvalue weighted by molar-refractivity contribution is 0.621. The van der Waals surface area contributed by atoms with Crippen LogP contribution in [0, 0.1) is 0 Å². The Balaban J connectivity index is 1.95. The van der Waals surface area contributed by atoms with Crippen molar-refractivity contribution in [3.8, 4) is 11.6 Å². The monoisotopic (exact) mass is 270 g/mol. The Morgan fingerprint density at radius 2 is 2.16 bits per heavy atom. The Morgan fingerprint density at radius 3 is 3.00 bits per heavy atom. The molecule has 4 rings (SSSR count). The molecule has 0 saturated carbocycles. The van der Waals surface area contributed by atoms with Gasteiger partial charge in [0.15, 0.2) is 5.76 Å². The molecule has 6 heteroatoms. The minimum atomic E-state index is 0.655. The highest BCUT2D eigenvalue weighted by Crippen LogP contribution is 2.27. The maximum absolute atomic E-state index is 5.80. The van der Waals surface area contributed by atoms with Crippen LogP contribution in [0.15, 0.2) is 34.7 Å². The third-order valence-electron chi connectivity index (χ3n) is 2.98. The number of furan rings is 1. The highest BCUT2D eigenvalue weighted by molar-refractivity contribution is 7.16. The topological polar surface area (TPSA) is 56.2 Å². The normalized spacial score (nSPS) is 11.6. The minimum Gasteiger partial charge on any atom is -0.453 e. The molecule has 3 aromatic heterocycles. The molecule has 0 aliphatic heterocycles. The van der Waals surface area contributed by atoms with E-state index in [-0.39, 0.29) is 0 Å². The van der Waals surface area contributed by atoms with Gasteiger partial charge in [-0.1, -0.05) is 36.5 Å². The summed E-state index contributed by atoms with van der Waals surface area (Å²) in [4.78, 5) is 0.798. The van der Waals surface area contributed by atoms with Gasteiger partial charge in [-0.25, -0.2) is 0 Å². The van der Waals surface area contributed by atoms with Crippen molar-refractivity contribution in [1.82, 2.24) is 19.8 Å². The molecule has 0 atom stereocenters. The summed E-state index contributed by atoms with van der Waals surface area (Å²) < 4.78 is 7.56. The quantitative estimate of drug-likeness (QED) is 0.561. The van der Waals surface area contributed by atoms with Gasteiger partial charge >= 0.3 is 0 Å². The van der Waals surface area contributed by atoms with Crippen LogP contribution in [0.5, 0.6) is 0 Å². The molecule has 1 aromatic carbocycles. The summed E-state index contributed by atoms with van der Waals surface area (Å²) >= 11 is 1.56. The highest BCUT2D eigenvalue weighted by atomic mass is 32.1. The number of hydrogen-bond acceptors (Lipinski definition) is 5. The molecule has 0 spiro atoms. The standard InChI is InChI=1S/C13H10N4OS/c1-2-11-16-17-12(14-15-13(17)19-11)10-7-8-5-3-4-6-9(8)18-10/h3-7H,2H2,1H3. The lowest BCUT2D eigenvalue weighted by atomic mass is 10.2. The van der Waals surface area contributed by atoms with E-state index in [1.807, 2.05) is 30.3 Å². The fraction of sp³-hybridized carbons (Fsp3) is 0.154. The van der Waals surface area contributed by atoms with Crippen molar-refractivity contribution < 1.29 is 4.42 Å². The first-order valence-corrected chi connectivity index (χ1v) is 6.87. The van der Waals surface area contributed by atoms with Gasteiger partial charge in [0, 0.05) is 5.39 Å². The first kappa shape index (κ1) is 10.7. The van der Waals surface area contributed by atoms with Crippen LogP contribution in [0.1, 0.15) is 11.9 Å². The molecule has 4 aromatic rings. The lowest BCUT2D eigenvalue weighted by Crippen LogP contribution is -1.90. The Morgan fingerprint density at radius 1 is 1.26 bits per heavy atom. The number of hydrogen-bond donors (Lipinski definition) is 0. The van der Waals surface area contributed by atoms with Gasteiger partial charge < -0.3 is 4.42 Å². The summed E-state index contributed by atoms with van der Waals surface area (Å²) in [6.45, 7) is 2.08. The third-order valence-corrected chi connectivity index (χ3v) is 4.02. The van der Waals surface area contributed by atoms with Crippen LogP contribution in [0.2, 0.25) is 0 Å². The Kier molecular flexibility index (Phi) is 2.19. The van der Waals surface area contributed by atoms with E-state index in [2.05, 4.69) is 22.2 Å². The second kappa shape index (κ2) is 3.89. The molecule has 94 valence electrons. The van der Waals surface area contributed by atoms with Crippen molar-refractivity contribution in [2.24, 2.45) is 0 Å². The van der Waals surface area contributed by atoms with E-state index in [0.717, 1.165) is 27.4 Å². The molecule has 0 N–H and O–H groups in total. The van der Waals surface area contributed by atoms with Crippen LogP contribution in [0.3, 0.4) is 0 Å². The van der Waals surface area contributed by atoms with Crippen LogP contribution in [-0.2, 0) is 6.42 Å². The minimum absolute atomic E-state index is 0.655. The fourth-order valence-electron chi connectivity index (χ4n) is 2.05. The van der Waals surface area contributed by atoms with Crippen molar-refractivity contribution in [1.29, 1.82) is 0 Å². The second-order valence-electron chi connectivity index (χ2n) is 4.22. The summed E-state index contributed by atoms with van der Waals surface area (Å²) in [6.07, 6.45) is 0.896. The zero-order valence-corrected chi connectivity index (χ0v) is 11.0. The van der Waals surface area contributed by atoms with E-state index in [4.69, 9.17) is 4.42 Å². The molecule has 19 heavy (non-hydrogen) atoms. The van der Waals surface area contributed by atoms with Crippen LogP contribution >= 0.6 is 11.3 Å². The molecule has 0 bridgehead atoms. The average molecular weight is 270 g/mol. The van der Waals surface area contributed by atoms with Gasteiger partial charge in [-0.05, 0) is 18.6 Å². The van der Waals surface area contributed by atoms with E-state index in [1.54, 1.807) is 15.9 Å². The predicted octanol–water partition coefficient (Wildman–Crippen LogP) is 3.16. The van der Waals surface area contributed by atoms with Crippen LogP contribution in [0.4, 0.5) is 0 Å². The molecular weight excluding hydrogens is 260 g/mol. The van der Waals surface area contributed by atoms with Gasteiger partial charge in [-0.3, -0.25) is 0 Å². The maximum Gasteiger partial charge on any atom is 0.235 e. The lowest BCUT2D eigenvalue weighted by Gasteiger charge is -1.89. The number of aryl methyl sites for hydroxylation is 1. The zero-order valence-electron chi connectivity index (χ0n) is 10.2. The Bertz CT molecular complexity index is 840. The maximum atomic E-state index is 5.80. The number of fused-ring (bicyclic) bond motifs is 2. The first-order valence-electron chi connectivity index (χ1n) is 6.05. The van der Waals surface area contributed by atoms with Crippen LogP contribution in [0.25, 0.3) is 27.5 Å². The number of para-hydroxylation sites is 1. The third kappa shape index (κ3) is 1.57. The van der Waals surface area contributed by atoms with Crippen molar-refractivity contribution in [3.05, 3.63) is 35.3 Å². The number of rotatable bonds is 2.